The highest BCUT2D eigenvalue weighted by Gasteiger charge is 2.21. The summed E-state index contributed by atoms with van der Waals surface area (Å²) in [5.74, 6) is 0.320. The maximum Gasteiger partial charge on any atom is 0.230 e. The third-order valence-corrected chi connectivity index (χ3v) is 5.03. The summed E-state index contributed by atoms with van der Waals surface area (Å²) >= 11 is 0. The number of benzene rings is 1. The second-order valence-corrected chi connectivity index (χ2v) is 6.74. The average molecular weight is 340 g/mol. The van der Waals surface area contributed by atoms with E-state index in [9.17, 15) is 9.18 Å². The molecule has 0 atom stereocenters. The van der Waals surface area contributed by atoms with Gasteiger partial charge in [0.05, 0.1) is 18.7 Å². The van der Waals surface area contributed by atoms with Gasteiger partial charge in [0.2, 0.25) is 5.91 Å². The molecule has 6 heteroatoms. The Bertz CT molecular complexity index is 921. The number of halogens is 1. The highest BCUT2D eigenvalue weighted by atomic mass is 19.1. The van der Waals surface area contributed by atoms with Crippen LogP contribution in [-0.2, 0) is 11.2 Å². The number of aromatic nitrogens is 3. The molecule has 2 heterocycles. The number of hydrogen-bond donors (Lipinski definition) is 2. The number of carbonyl (C=O) groups is 1. The molecular formula is C19H21FN4O. The van der Waals surface area contributed by atoms with Crippen LogP contribution in [0.4, 0.5) is 10.2 Å². The minimum absolute atomic E-state index is 0.118. The lowest BCUT2D eigenvalue weighted by Gasteiger charge is -2.14. The van der Waals surface area contributed by atoms with E-state index >= 15 is 0 Å². The Balaban J connectivity index is 1.54. The first-order valence-electron chi connectivity index (χ1n) is 8.72. The van der Waals surface area contributed by atoms with Gasteiger partial charge >= 0.3 is 0 Å². The van der Waals surface area contributed by atoms with E-state index in [0.29, 0.717) is 6.04 Å². The zero-order valence-electron chi connectivity index (χ0n) is 14.2. The molecule has 0 saturated heterocycles. The monoisotopic (exact) mass is 340 g/mol. The fourth-order valence-electron chi connectivity index (χ4n) is 3.78. The lowest BCUT2D eigenvalue weighted by Crippen LogP contribution is -2.19. The Morgan fingerprint density at radius 3 is 2.96 bits per heavy atom. The van der Waals surface area contributed by atoms with Crippen LogP contribution in [0, 0.1) is 12.7 Å². The minimum atomic E-state index is -0.299. The topological polar surface area (TPSA) is 62.7 Å². The van der Waals surface area contributed by atoms with E-state index in [1.807, 2.05) is 17.7 Å². The Hall–Kier alpha value is -2.63. The standard InChI is InChI=1S/C19H21FN4O/c1-12-15(16-10-13(20)6-7-17(16)22-12)11-19(25)23-18-8-9-21-24(18)14-4-2-3-5-14/h6-10,14,22H,2-5,11H2,1H3,(H,23,25). The molecule has 5 nitrogen and oxygen atoms in total. The molecule has 1 aliphatic rings. The maximum absolute atomic E-state index is 13.6. The smallest absolute Gasteiger partial charge is 0.230 e. The van der Waals surface area contributed by atoms with Gasteiger partial charge in [-0.3, -0.25) is 4.79 Å². The first kappa shape index (κ1) is 15.9. The van der Waals surface area contributed by atoms with Crippen molar-refractivity contribution in [2.24, 2.45) is 0 Å². The molecule has 1 aliphatic carbocycles. The number of H-pyrrole nitrogens is 1. The summed E-state index contributed by atoms with van der Waals surface area (Å²) in [6.45, 7) is 1.91. The van der Waals surface area contributed by atoms with Gasteiger partial charge in [-0.2, -0.15) is 5.10 Å². The summed E-state index contributed by atoms with van der Waals surface area (Å²) in [7, 11) is 0. The number of rotatable bonds is 4. The molecule has 25 heavy (non-hydrogen) atoms. The second-order valence-electron chi connectivity index (χ2n) is 6.74. The van der Waals surface area contributed by atoms with Crippen molar-refractivity contribution in [1.29, 1.82) is 0 Å². The van der Waals surface area contributed by atoms with Crippen LogP contribution < -0.4 is 5.32 Å². The number of nitrogens with one attached hydrogen (secondary N) is 2. The van der Waals surface area contributed by atoms with Gasteiger partial charge < -0.3 is 10.3 Å². The molecule has 0 unspecified atom stereocenters. The van der Waals surface area contributed by atoms with Crippen molar-refractivity contribution in [2.75, 3.05) is 5.32 Å². The fraction of sp³-hybridized carbons (Fsp3) is 0.368. The van der Waals surface area contributed by atoms with Crippen LogP contribution >= 0.6 is 0 Å². The molecule has 1 fully saturated rings. The van der Waals surface area contributed by atoms with E-state index in [4.69, 9.17) is 0 Å². The van der Waals surface area contributed by atoms with Crippen LogP contribution in [0.5, 0.6) is 0 Å². The van der Waals surface area contributed by atoms with Crippen LogP contribution in [0.1, 0.15) is 43.0 Å². The van der Waals surface area contributed by atoms with Crippen LogP contribution in [-0.4, -0.2) is 20.7 Å². The highest BCUT2D eigenvalue weighted by molar-refractivity contribution is 5.96. The van der Waals surface area contributed by atoms with Gasteiger partial charge in [0.1, 0.15) is 11.6 Å². The second kappa shape index (κ2) is 6.35. The Kier molecular flexibility index (Phi) is 4.03. The number of hydrogen-bond acceptors (Lipinski definition) is 2. The van der Waals surface area contributed by atoms with Gasteiger partial charge in [-0.1, -0.05) is 12.8 Å². The first-order valence-corrected chi connectivity index (χ1v) is 8.72. The number of aromatic amines is 1. The van der Waals surface area contributed by atoms with E-state index in [1.165, 1.54) is 25.0 Å². The van der Waals surface area contributed by atoms with Crippen molar-refractivity contribution in [1.82, 2.24) is 14.8 Å². The predicted octanol–water partition coefficient (Wildman–Crippen LogP) is 4.11. The molecule has 3 aromatic rings. The maximum atomic E-state index is 13.6. The molecule has 1 aromatic carbocycles. The first-order chi connectivity index (χ1) is 12.1. The van der Waals surface area contributed by atoms with Crippen LogP contribution in [0.25, 0.3) is 10.9 Å². The number of fused-ring (bicyclic) bond motifs is 1. The Labute approximate surface area is 145 Å². The van der Waals surface area contributed by atoms with Crippen LogP contribution in [0.3, 0.4) is 0 Å². The van der Waals surface area contributed by atoms with Crippen molar-refractivity contribution in [3.8, 4) is 0 Å². The molecule has 2 N–H and O–H groups in total. The van der Waals surface area contributed by atoms with Gasteiger partial charge in [0, 0.05) is 22.7 Å². The summed E-state index contributed by atoms with van der Waals surface area (Å²) in [4.78, 5) is 15.8. The Morgan fingerprint density at radius 2 is 2.16 bits per heavy atom. The fourth-order valence-corrected chi connectivity index (χ4v) is 3.78. The van der Waals surface area contributed by atoms with Gasteiger partial charge in [0.25, 0.3) is 0 Å². The molecule has 130 valence electrons. The summed E-state index contributed by atoms with van der Waals surface area (Å²) in [6.07, 6.45) is 6.54. The number of nitrogens with zero attached hydrogens (tertiary/aromatic N) is 2. The molecule has 1 saturated carbocycles. The lowest BCUT2D eigenvalue weighted by atomic mass is 10.1. The van der Waals surface area contributed by atoms with Crippen molar-refractivity contribution in [3.05, 3.63) is 47.5 Å². The molecule has 0 radical (unpaired) electrons. The average Bonchev–Trinajstić information content (AvgIpc) is 3.29. The third kappa shape index (κ3) is 3.04. The van der Waals surface area contributed by atoms with E-state index < -0.39 is 0 Å². The third-order valence-electron chi connectivity index (χ3n) is 5.03. The molecule has 2 aromatic heterocycles. The largest absolute Gasteiger partial charge is 0.358 e. The quantitative estimate of drug-likeness (QED) is 0.751. The van der Waals surface area contributed by atoms with Gasteiger partial charge in [0.15, 0.2) is 0 Å². The molecular weight excluding hydrogens is 319 g/mol. The van der Waals surface area contributed by atoms with Crippen molar-refractivity contribution >= 4 is 22.6 Å². The number of anilines is 1. The number of carbonyl (C=O) groups excluding carboxylic acids is 1. The SMILES string of the molecule is Cc1[nH]c2ccc(F)cc2c1CC(=O)Nc1ccnn1C1CCCC1. The Morgan fingerprint density at radius 1 is 1.36 bits per heavy atom. The lowest BCUT2D eigenvalue weighted by molar-refractivity contribution is -0.115. The minimum Gasteiger partial charge on any atom is -0.358 e. The molecule has 1 amide bonds. The molecule has 0 aliphatic heterocycles. The van der Waals surface area contributed by atoms with Gasteiger partial charge in [-0.15, -0.1) is 0 Å². The van der Waals surface area contributed by atoms with E-state index in [1.54, 1.807) is 12.3 Å². The zero-order valence-corrected chi connectivity index (χ0v) is 14.2. The van der Waals surface area contributed by atoms with Crippen LogP contribution in [0.2, 0.25) is 0 Å². The predicted molar refractivity (Wildman–Crippen MR) is 95.1 cm³/mol. The molecule has 0 spiro atoms. The highest BCUT2D eigenvalue weighted by Crippen LogP contribution is 2.31. The van der Waals surface area contributed by atoms with E-state index in [0.717, 1.165) is 40.8 Å². The molecule has 0 bridgehead atoms. The normalized spacial score (nSPS) is 15.1. The zero-order chi connectivity index (χ0) is 17.4. The van der Waals surface area contributed by atoms with Crippen molar-refractivity contribution in [2.45, 2.75) is 45.1 Å². The molecule has 4 rings (SSSR count). The summed E-state index contributed by atoms with van der Waals surface area (Å²) in [5, 5.41) is 8.10. The van der Waals surface area contributed by atoms with E-state index in [-0.39, 0.29) is 18.1 Å². The summed E-state index contributed by atoms with van der Waals surface area (Å²) < 4.78 is 15.5. The van der Waals surface area contributed by atoms with Gasteiger partial charge in [-0.25, -0.2) is 9.07 Å². The van der Waals surface area contributed by atoms with Gasteiger partial charge in [-0.05, 0) is 43.5 Å². The summed E-state index contributed by atoms with van der Waals surface area (Å²) in [6, 6.07) is 6.80. The summed E-state index contributed by atoms with van der Waals surface area (Å²) in [5.41, 5.74) is 2.57. The van der Waals surface area contributed by atoms with Crippen molar-refractivity contribution in [3.63, 3.8) is 0 Å². The number of aryl methyl sites for hydroxylation is 1. The van der Waals surface area contributed by atoms with E-state index in [2.05, 4.69) is 15.4 Å². The van der Waals surface area contributed by atoms with Crippen molar-refractivity contribution < 1.29 is 9.18 Å². The van der Waals surface area contributed by atoms with Crippen LogP contribution in [0.15, 0.2) is 30.5 Å². The number of amides is 1.